The van der Waals surface area contributed by atoms with Crippen molar-refractivity contribution < 1.29 is 17.9 Å². The number of carbonyl (C=O) groups excluding carboxylic acids is 1. The first-order valence-corrected chi connectivity index (χ1v) is 8.16. The number of benzene rings is 1. The minimum Gasteiger partial charge on any atom is -0.493 e. The van der Waals surface area contributed by atoms with Crippen LogP contribution >= 0.6 is 0 Å². The van der Waals surface area contributed by atoms with Crippen LogP contribution in [0.2, 0.25) is 0 Å². The zero-order chi connectivity index (χ0) is 14.3. The molecular weight excluding hydrogens is 264 g/mol. The normalized spacial score (nSPS) is 11.3. The van der Waals surface area contributed by atoms with Crippen LogP contribution in [0.3, 0.4) is 0 Å². The smallest absolute Gasteiger partial charge is 0.153 e. The molecule has 0 saturated heterocycles. The Morgan fingerprint density at radius 1 is 1.16 bits per heavy atom. The fourth-order valence-corrected chi connectivity index (χ4v) is 2.85. The van der Waals surface area contributed by atoms with Crippen LogP contribution in [0.1, 0.15) is 25.8 Å². The lowest BCUT2D eigenvalue weighted by Crippen LogP contribution is -2.16. The van der Waals surface area contributed by atoms with Crippen molar-refractivity contribution in [3.63, 3.8) is 0 Å². The number of carbonyl (C=O) groups is 1. The van der Waals surface area contributed by atoms with Gasteiger partial charge in [0.1, 0.15) is 18.1 Å². The molecule has 0 bridgehead atoms. The average Bonchev–Trinajstić information content (AvgIpc) is 2.30. The summed E-state index contributed by atoms with van der Waals surface area (Å²) in [4.78, 5) is 10.9. The Morgan fingerprint density at radius 3 is 2.32 bits per heavy atom. The second-order valence-corrected chi connectivity index (χ2v) is 6.83. The quantitative estimate of drug-likeness (QED) is 0.733. The number of Topliss-reactive ketones (excluding diaryl/α,β-unsaturated/α-hetero) is 1. The van der Waals surface area contributed by atoms with E-state index in [0.29, 0.717) is 18.6 Å². The first kappa shape index (κ1) is 15.7. The SMILES string of the molecule is CCCS(=O)(=O)CCOc1ccc(CC(C)=O)cc1. The lowest BCUT2D eigenvalue weighted by atomic mass is 10.1. The third-order valence-electron chi connectivity index (χ3n) is 2.55. The maximum Gasteiger partial charge on any atom is 0.153 e. The predicted molar refractivity (Wildman–Crippen MR) is 75.3 cm³/mol. The van der Waals surface area contributed by atoms with Crippen LogP contribution in [0.5, 0.6) is 5.75 Å². The second kappa shape index (κ2) is 7.28. The van der Waals surface area contributed by atoms with Crippen molar-refractivity contribution in [1.82, 2.24) is 0 Å². The zero-order valence-electron chi connectivity index (χ0n) is 11.4. The summed E-state index contributed by atoms with van der Waals surface area (Å²) in [5, 5.41) is 0. The van der Waals surface area contributed by atoms with Gasteiger partial charge in [-0.1, -0.05) is 19.1 Å². The van der Waals surface area contributed by atoms with Crippen molar-refractivity contribution in [2.24, 2.45) is 0 Å². The molecule has 1 aromatic carbocycles. The lowest BCUT2D eigenvalue weighted by molar-refractivity contribution is -0.116. The van der Waals surface area contributed by atoms with Gasteiger partial charge in [-0.25, -0.2) is 8.42 Å². The van der Waals surface area contributed by atoms with Gasteiger partial charge in [0.2, 0.25) is 0 Å². The molecular formula is C14H20O4S. The number of sulfone groups is 1. The maximum absolute atomic E-state index is 11.5. The summed E-state index contributed by atoms with van der Waals surface area (Å²) >= 11 is 0. The topological polar surface area (TPSA) is 60.4 Å². The number of hydrogen-bond donors (Lipinski definition) is 0. The highest BCUT2D eigenvalue weighted by molar-refractivity contribution is 7.91. The molecule has 0 unspecified atom stereocenters. The van der Waals surface area contributed by atoms with Gasteiger partial charge in [0.25, 0.3) is 0 Å². The Kier molecular flexibility index (Phi) is 6.02. The number of ether oxygens (including phenoxy) is 1. The lowest BCUT2D eigenvalue weighted by Gasteiger charge is -2.07. The van der Waals surface area contributed by atoms with Crippen molar-refractivity contribution in [1.29, 1.82) is 0 Å². The molecule has 0 radical (unpaired) electrons. The molecule has 0 heterocycles. The fraction of sp³-hybridized carbons (Fsp3) is 0.500. The van der Waals surface area contributed by atoms with Gasteiger partial charge in [0, 0.05) is 6.42 Å². The summed E-state index contributed by atoms with van der Waals surface area (Å²) in [5.41, 5.74) is 0.929. The van der Waals surface area contributed by atoms with E-state index in [1.54, 1.807) is 19.1 Å². The number of hydrogen-bond acceptors (Lipinski definition) is 4. The van der Waals surface area contributed by atoms with Crippen LogP contribution in [0, 0.1) is 0 Å². The standard InChI is InChI=1S/C14H20O4S/c1-3-9-19(16,17)10-8-18-14-6-4-13(5-7-14)11-12(2)15/h4-7H,3,8-11H2,1-2H3. The van der Waals surface area contributed by atoms with Gasteiger partial charge in [-0.05, 0) is 31.0 Å². The fourth-order valence-electron chi connectivity index (χ4n) is 1.69. The molecule has 0 amide bonds. The molecule has 0 saturated carbocycles. The molecule has 0 N–H and O–H groups in total. The first-order chi connectivity index (χ1) is 8.93. The van der Waals surface area contributed by atoms with Crippen LogP contribution < -0.4 is 4.74 Å². The van der Waals surface area contributed by atoms with Crippen molar-refractivity contribution in [3.05, 3.63) is 29.8 Å². The summed E-state index contributed by atoms with van der Waals surface area (Å²) in [7, 11) is -3.00. The van der Waals surface area contributed by atoms with Gasteiger partial charge >= 0.3 is 0 Å². The van der Waals surface area contributed by atoms with Crippen molar-refractivity contribution in [3.8, 4) is 5.75 Å². The van der Waals surface area contributed by atoms with Crippen LogP contribution in [0.25, 0.3) is 0 Å². The first-order valence-electron chi connectivity index (χ1n) is 6.34. The molecule has 0 fully saturated rings. The van der Waals surface area contributed by atoms with E-state index in [4.69, 9.17) is 4.74 Å². The van der Waals surface area contributed by atoms with E-state index in [2.05, 4.69) is 0 Å². The van der Waals surface area contributed by atoms with E-state index in [9.17, 15) is 13.2 Å². The van der Waals surface area contributed by atoms with Crippen molar-refractivity contribution in [2.45, 2.75) is 26.7 Å². The van der Waals surface area contributed by atoms with Gasteiger partial charge < -0.3 is 4.74 Å². The summed E-state index contributed by atoms with van der Waals surface area (Å²) in [5.74, 6) is 0.975. The number of ketones is 1. The molecule has 0 aliphatic carbocycles. The Labute approximate surface area is 114 Å². The third-order valence-corrected chi connectivity index (χ3v) is 4.37. The molecule has 5 heteroatoms. The largest absolute Gasteiger partial charge is 0.493 e. The summed E-state index contributed by atoms with van der Waals surface area (Å²) in [6.45, 7) is 3.55. The molecule has 4 nitrogen and oxygen atoms in total. The highest BCUT2D eigenvalue weighted by Gasteiger charge is 2.09. The van der Waals surface area contributed by atoms with Crippen LogP contribution in [0.15, 0.2) is 24.3 Å². The summed E-state index contributed by atoms with van der Waals surface area (Å²) < 4.78 is 28.3. The van der Waals surface area contributed by atoms with Crippen LogP contribution in [0.4, 0.5) is 0 Å². The predicted octanol–water partition coefficient (Wildman–Crippen LogP) is 2.02. The van der Waals surface area contributed by atoms with E-state index >= 15 is 0 Å². The zero-order valence-corrected chi connectivity index (χ0v) is 12.2. The highest BCUT2D eigenvalue weighted by Crippen LogP contribution is 2.13. The molecule has 0 aliphatic heterocycles. The molecule has 0 spiro atoms. The van der Waals surface area contributed by atoms with E-state index in [1.807, 2.05) is 19.1 Å². The molecule has 1 aromatic rings. The van der Waals surface area contributed by atoms with Crippen molar-refractivity contribution >= 4 is 15.6 Å². The molecule has 0 atom stereocenters. The Morgan fingerprint density at radius 2 is 1.79 bits per heavy atom. The van der Waals surface area contributed by atoms with E-state index in [1.165, 1.54) is 0 Å². The summed E-state index contributed by atoms with van der Waals surface area (Å²) in [6, 6.07) is 7.14. The van der Waals surface area contributed by atoms with Gasteiger partial charge in [0.05, 0.1) is 11.5 Å². The molecule has 1 rings (SSSR count). The van der Waals surface area contributed by atoms with Gasteiger partial charge in [0.15, 0.2) is 9.84 Å². The highest BCUT2D eigenvalue weighted by atomic mass is 32.2. The van der Waals surface area contributed by atoms with Crippen LogP contribution in [-0.4, -0.2) is 32.3 Å². The average molecular weight is 284 g/mol. The second-order valence-electron chi connectivity index (χ2n) is 4.52. The molecule has 0 aromatic heterocycles. The molecule has 0 aliphatic rings. The monoisotopic (exact) mass is 284 g/mol. The molecule has 19 heavy (non-hydrogen) atoms. The van der Waals surface area contributed by atoms with E-state index in [0.717, 1.165) is 5.56 Å². The van der Waals surface area contributed by atoms with E-state index in [-0.39, 0.29) is 23.9 Å². The van der Waals surface area contributed by atoms with Gasteiger partial charge in [-0.3, -0.25) is 4.79 Å². The van der Waals surface area contributed by atoms with Gasteiger partial charge in [-0.15, -0.1) is 0 Å². The Bertz CT molecular complexity index is 503. The Balaban J connectivity index is 2.44. The molecule has 106 valence electrons. The maximum atomic E-state index is 11.5. The third kappa shape index (κ3) is 6.38. The summed E-state index contributed by atoms with van der Waals surface area (Å²) in [6.07, 6.45) is 1.03. The van der Waals surface area contributed by atoms with Gasteiger partial charge in [-0.2, -0.15) is 0 Å². The number of rotatable bonds is 8. The van der Waals surface area contributed by atoms with Crippen molar-refractivity contribution in [2.75, 3.05) is 18.1 Å². The van der Waals surface area contributed by atoms with Crippen LogP contribution in [-0.2, 0) is 21.1 Å². The minimum atomic E-state index is -3.00. The minimum absolute atomic E-state index is 0.0377. The Hall–Kier alpha value is -1.36. The van der Waals surface area contributed by atoms with E-state index < -0.39 is 9.84 Å².